The number of hydrogen-bond acceptors (Lipinski definition) is 1. The van der Waals surface area contributed by atoms with E-state index in [0.29, 0.717) is 6.61 Å². The molecular weight excluding hydrogens is 229 g/mol. The molecule has 15 heavy (non-hydrogen) atoms. The van der Waals surface area contributed by atoms with Gasteiger partial charge >= 0.3 is 6.18 Å². The van der Waals surface area contributed by atoms with E-state index in [9.17, 15) is 13.2 Å². The second-order valence-corrected chi connectivity index (χ2v) is 4.14. The summed E-state index contributed by atoms with van der Waals surface area (Å²) in [7, 11) is 0. The largest absolute Gasteiger partial charge is 0.416 e. The normalized spacial score (nSPS) is 25.4. The van der Waals surface area contributed by atoms with Crippen LogP contribution in [0.5, 0.6) is 0 Å². The molecule has 1 saturated heterocycles. The van der Waals surface area contributed by atoms with Gasteiger partial charge < -0.3 is 4.74 Å². The van der Waals surface area contributed by atoms with Crippen molar-refractivity contribution in [3.05, 3.63) is 34.3 Å². The van der Waals surface area contributed by atoms with Crippen molar-refractivity contribution in [2.24, 2.45) is 0 Å². The Kier molecular flexibility index (Phi) is 2.24. The number of ether oxygens (including phenoxy) is 1. The van der Waals surface area contributed by atoms with Crippen LogP contribution in [0, 0.1) is 0 Å². The van der Waals surface area contributed by atoms with E-state index in [-0.39, 0.29) is 10.6 Å². The van der Waals surface area contributed by atoms with Gasteiger partial charge in [-0.1, -0.05) is 17.7 Å². The number of rotatable bonds is 1. The highest BCUT2D eigenvalue weighted by Gasteiger charge is 2.47. The third kappa shape index (κ3) is 1.96. The molecule has 0 bridgehead atoms. The molecule has 0 spiro atoms. The first-order valence-corrected chi connectivity index (χ1v) is 4.72. The first kappa shape index (κ1) is 10.8. The van der Waals surface area contributed by atoms with Crippen LogP contribution >= 0.6 is 11.6 Å². The minimum Gasteiger partial charge on any atom is -0.365 e. The molecule has 1 aromatic carbocycles. The van der Waals surface area contributed by atoms with E-state index in [0.717, 1.165) is 6.07 Å². The lowest BCUT2D eigenvalue weighted by Gasteiger charge is -2.15. The summed E-state index contributed by atoms with van der Waals surface area (Å²) in [5.41, 5.74) is -1.36. The molecule has 0 saturated carbocycles. The van der Waals surface area contributed by atoms with Crippen LogP contribution in [0.3, 0.4) is 0 Å². The van der Waals surface area contributed by atoms with Crippen LogP contribution in [0.4, 0.5) is 13.2 Å². The van der Waals surface area contributed by atoms with E-state index < -0.39 is 17.3 Å². The molecule has 1 unspecified atom stereocenters. The Morgan fingerprint density at radius 1 is 1.40 bits per heavy atom. The van der Waals surface area contributed by atoms with Gasteiger partial charge in [0.2, 0.25) is 0 Å². The van der Waals surface area contributed by atoms with Crippen LogP contribution in [0.2, 0.25) is 5.02 Å². The Hall–Kier alpha value is -0.740. The van der Waals surface area contributed by atoms with E-state index in [2.05, 4.69) is 0 Å². The zero-order valence-electron chi connectivity index (χ0n) is 7.86. The Balaban J connectivity index is 2.55. The number of epoxide rings is 1. The van der Waals surface area contributed by atoms with Gasteiger partial charge in [-0.2, -0.15) is 13.2 Å². The molecule has 1 fully saturated rings. The maximum Gasteiger partial charge on any atom is 0.416 e. The molecular formula is C10H8ClF3O. The van der Waals surface area contributed by atoms with Gasteiger partial charge in [-0.15, -0.1) is 0 Å². The van der Waals surface area contributed by atoms with E-state index >= 15 is 0 Å². The molecule has 2 rings (SSSR count). The minimum atomic E-state index is -4.39. The standard InChI is InChI=1S/C10H8ClF3O/c1-9(5-15-9)7-3-2-6(11)4-8(7)10(12,13)14/h2-4H,5H2,1H3. The highest BCUT2D eigenvalue weighted by molar-refractivity contribution is 6.30. The molecule has 1 heterocycles. The Bertz CT molecular complexity index is 396. The fraction of sp³-hybridized carbons (Fsp3) is 0.400. The predicted molar refractivity (Wildman–Crippen MR) is 49.8 cm³/mol. The number of hydrogen-bond donors (Lipinski definition) is 0. The molecule has 0 radical (unpaired) electrons. The van der Waals surface area contributed by atoms with Crippen LogP contribution < -0.4 is 0 Å². The van der Waals surface area contributed by atoms with Gasteiger partial charge in [-0.3, -0.25) is 0 Å². The number of alkyl halides is 3. The van der Waals surface area contributed by atoms with E-state index in [1.807, 2.05) is 0 Å². The van der Waals surface area contributed by atoms with Gasteiger partial charge in [0.25, 0.3) is 0 Å². The van der Waals surface area contributed by atoms with Crippen molar-refractivity contribution in [2.75, 3.05) is 6.61 Å². The Labute approximate surface area is 89.8 Å². The zero-order valence-corrected chi connectivity index (χ0v) is 8.62. The number of halogens is 4. The maximum absolute atomic E-state index is 12.7. The topological polar surface area (TPSA) is 12.5 Å². The monoisotopic (exact) mass is 236 g/mol. The van der Waals surface area contributed by atoms with E-state index in [1.165, 1.54) is 12.1 Å². The highest BCUT2D eigenvalue weighted by Crippen LogP contribution is 2.45. The van der Waals surface area contributed by atoms with Crippen LogP contribution in [-0.4, -0.2) is 6.61 Å². The lowest BCUT2D eigenvalue weighted by molar-refractivity contribution is -0.138. The van der Waals surface area contributed by atoms with Gasteiger partial charge in [0.15, 0.2) is 0 Å². The van der Waals surface area contributed by atoms with Crippen molar-refractivity contribution in [3.8, 4) is 0 Å². The quantitative estimate of drug-likeness (QED) is 0.679. The van der Waals surface area contributed by atoms with Gasteiger partial charge in [0.1, 0.15) is 5.60 Å². The SMILES string of the molecule is CC1(c2ccc(Cl)cc2C(F)(F)F)CO1. The summed E-state index contributed by atoms with van der Waals surface area (Å²) < 4.78 is 43.0. The first-order chi connectivity index (χ1) is 6.83. The summed E-state index contributed by atoms with van der Waals surface area (Å²) in [5, 5.41) is 0.0790. The van der Waals surface area contributed by atoms with Crippen molar-refractivity contribution >= 4 is 11.6 Å². The molecule has 1 atom stereocenters. The average Bonchev–Trinajstić information content (AvgIpc) is 2.83. The number of benzene rings is 1. The summed E-state index contributed by atoms with van der Waals surface area (Å²) in [6, 6.07) is 3.75. The van der Waals surface area contributed by atoms with Gasteiger partial charge in [-0.25, -0.2) is 0 Å². The molecule has 0 amide bonds. The third-order valence-corrected chi connectivity index (χ3v) is 2.67. The molecule has 5 heteroatoms. The Morgan fingerprint density at radius 2 is 2.00 bits per heavy atom. The molecule has 1 aliphatic heterocycles. The van der Waals surface area contributed by atoms with Gasteiger partial charge in [0.05, 0.1) is 12.2 Å². The summed E-state index contributed by atoms with van der Waals surface area (Å²) in [6.07, 6.45) is -4.39. The Morgan fingerprint density at radius 3 is 2.47 bits per heavy atom. The lowest BCUT2D eigenvalue weighted by Crippen LogP contribution is -2.14. The van der Waals surface area contributed by atoms with Gasteiger partial charge in [-0.05, 0) is 24.6 Å². The smallest absolute Gasteiger partial charge is 0.365 e. The van der Waals surface area contributed by atoms with Crippen LogP contribution in [0.15, 0.2) is 18.2 Å². The van der Waals surface area contributed by atoms with Crippen molar-refractivity contribution < 1.29 is 17.9 Å². The van der Waals surface area contributed by atoms with Gasteiger partial charge in [0, 0.05) is 5.02 Å². The molecule has 0 aromatic heterocycles. The lowest BCUT2D eigenvalue weighted by atomic mass is 9.96. The second kappa shape index (κ2) is 3.12. The molecule has 1 aromatic rings. The average molecular weight is 237 g/mol. The maximum atomic E-state index is 12.7. The van der Waals surface area contributed by atoms with Crippen LogP contribution in [0.1, 0.15) is 18.1 Å². The first-order valence-electron chi connectivity index (χ1n) is 4.34. The molecule has 1 aliphatic rings. The van der Waals surface area contributed by atoms with Crippen LogP contribution in [-0.2, 0) is 16.5 Å². The third-order valence-electron chi connectivity index (χ3n) is 2.43. The van der Waals surface area contributed by atoms with Crippen molar-refractivity contribution in [2.45, 2.75) is 18.7 Å². The highest BCUT2D eigenvalue weighted by atomic mass is 35.5. The van der Waals surface area contributed by atoms with E-state index in [1.54, 1.807) is 6.92 Å². The molecule has 0 N–H and O–H groups in total. The second-order valence-electron chi connectivity index (χ2n) is 3.71. The van der Waals surface area contributed by atoms with E-state index in [4.69, 9.17) is 16.3 Å². The van der Waals surface area contributed by atoms with Crippen LogP contribution in [0.25, 0.3) is 0 Å². The van der Waals surface area contributed by atoms with Crippen molar-refractivity contribution in [1.82, 2.24) is 0 Å². The zero-order chi connectivity index (χ0) is 11.3. The molecule has 1 nitrogen and oxygen atoms in total. The van der Waals surface area contributed by atoms with Crippen molar-refractivity contribution in [3.63, 3.8) is 0 Å². The summed E-state index contributed by atoms with van der Waals surface area (Å²) >= 11 is 5.55. The molecule has 82 valence electrons. The summed E-state index contributed by atoms with van der Waals surface area (Å²) in [5.74, 6) is 0. The van der Waals surface area contributed by atoms with Crippen molar-refractivity contribution in [1.29, 1.82) is 0 Å². The predicted octanol–water partition coefficient (Wildman–Crippen LogP) is 3.60. The summed E-state index contributed by atoms with van der Waals surface area (Å²) in [6.45, 7) is 1.95. The summed E-state index contributed by atoms with van der Waals surface area (Å²) in [4.78, 5) is 0. The fourth-order valence-corrected chi connectivity index (χ4v) is 1.65. The minimum absolute atomic E-state index is 0.0790. The fourth-order valence-electron chi connectivity index (χ4n) is 1.48. The molecule has 0 aliphatic carbocycles.